The van der Waals surface area contributed by atoms with Crippen LogP contribution in [0.1, 0.15) is 49.4 Å². The van der Waals surface area contributed by atoms with Gasteiger partial charge in [-0.15, -0.1) is 0 Å². The fraction of sp³-hybridized carbons (Fsp3) is 0.194. The lowest BCUT2D eigenvalue weighted by atomic mass is 10.0. The maximum Gasteiger partial charge on any atom is 0.254 e. The molecule has 2 heterocycles. The first-order valence-electron chi connectivity index (χ1n) is 12.6. The topological polar surface area (TPSA) is 115 Å². The van der Waals surface area contributed by atoms with Crippen LogP contribution in [0.5, 0.6) is 11.6 Å². The zero-order valence-corrected chi connectivity index (χ0v) is 21.9. The molecule has 0 fully saturated rings. The average molecular weight is 515 g/mol. The smallest absolute Gasteiger partial charge is 0.254 e. The Morgan fingerprint density at radius 2 is 1.59 bits per heavy atom. The van der Waals surface area contributed by atoms with E-state index >= 15 is 0 Å². The number of ether oxygens (including phenoxy) is 1. The molecule has 1 aliphatic heterocycles. The van der Waals surface area contributed by atoms with Crippen molar-refractivity contribution in [3.05, 3.63) is 105 Å². The molecule has 0 unspecified atom stereocenters. The van der Waals surface area contributed by atoms with Gasteiger partial charge in [0.1, 0.15) is 5.75 Å². The molecule has 1 amide bonds. The summed E-state index contributed by atoms with van der Waals surface area (Å²) in [6, 6.07) is 22.4. The fourth-order valence-corrected chi connectivity index (χ4v) is 4.61. The Morgan fingerprint density at radius 3 is 2.23 bits per heavy atom. The van der Waals surface area contributed by atoms with E-state index < -0.39 is 0 Å². The molecule has 3 aromatic carbocycles. The molecule has 0 spiro atoms. The van der Waals surface area contributed by atoms with Crippen LogP contribution in [-0.2, 0) is 13.0 Å². The van der Waals surface area contributed by atoms with Crippen LogP contribution in [0.25, 0.3) is 0 Å². The van der Waals surface area contributed by atoms with Gasteiger partial charge in [-0.3, -0.25) is 4.79 Å². The second-order valence-electron chi connectivity index (χ2n) is 9.59. The van der Waals surface area contributed by atoms with E-state index in [2.05, 4.69) is 17.5 Å². The zero-order valence-electron chi connectivity index (χ0n) is 21.9. The van der Waals surface area contributed by atoms with Crippen LogP contribution in [0.4, 0.5) is 11.6 Å². The Labute approximate surface area is 227 Å². The van der Waals surface area contributed by atoms with Crippen molar-refractivity contribution < 1.29 is 9.53 Å². The third kappa shape index (κ3) is 5.41. The summed E-state index contributed by atoms with van der Waals surface area (Å²) in [4.78, 5) is 24.6. The number of benzene rings is 3. The van der Waals surface area contributed by atoms with E-state index in [1.165, 1.54) is 0 Å². The summed E-state index contributed by atoms with van der Waals surface area (Å²) in [5.41, 5.74) is 6.73. The van der Waals surface area contributed by atoms with E-state index in [0.29, 0.717) is 53.8 Å². The third-order valence-corrected chi connectivity index (χ3v) is 6.67. The van der Waals surface area contributed by atoms with Crippen molar-refractivity contribution in [3.8, 4) is 23.8 Å². The minimum atomic E-state index is -0.0582. The molecule has 0 bridgehead atoms. The Morgan fingerprint density at radius 1 is 0.923 bits per heavy atom. The molecule has 1 N–H and O–H groups in total. The monoisotopic (exact) mass is 514 g/mol. The number of carbonyl (C=O) groups excluding carboxylic acids is 1. The van der Waals surface area contributed by atoms with Crippen molar-refractivity contribution in [2.75, 3.05) is 11.9 Å². The van der Waals surface area contributed by atoms with Gasteiger partial charge in [0.25, 0.3) is 5.91 Å². The standard InChI is InChI=1S/C31H26N6O2/c1-19-4-8-24(9-5-19)30(38)37-13-12-27-26(18-37)29(39-28-20(2)14-23(17-33)15-21(28)3)36-31(35-27)34-25-10-6-22(16-32)7-11-25/h4-11,14-15H,12-13,18H2,1-3H3,(H,34,35,36). The molecule has 8 heteroatoms. The molecule has 8 nitrogen and oxygen atoms in total. The number of hydrogen-bond acceptors (Lipinski definition) is 7. The molecule has 39 heavy (non-hydrogen) atoms. The fourth-order valence-electron chi connectivity index (χ4n) is 4.61. The van der Waals surface area contributed by atoms with Crippen LogP contribution in [0, 0.1) is 43.4 Å². The van der Waals surface area contributed by atoms with Crippen molar-refractivity contribution in [3.63, 3.8) is 0 Å². The second-order valence-corrected chi connectivity index (χ2v) is 9.59. The molecular formula is C31H26N6O2. The summed E-state index contributed by atoms with van der Waals surface area (Å²) < 4.78 is 6.42. The molecule has 4 aromatic rings. The van der Waals surface area contributed by atoms with Gasteiger partial charge < -0.3 is 15.0 Å². The van der Waals surface area contributed by atoms with Crippen molar-refractivity contribution >= 4 is 17.5 Å². The largest absolute Gasteiger partial charge is 0.438 e. The van der Waals surface area contributed by atoms with Crippen LogP contribution in [0.15, 0.2) is 60.7 Å². The zero-order chi connectivity index (χ0) is 27.5. The van der Waals surface area contributed by atoms with Crippen molar-refractivity contribution in [1.29, 1.82) is 10.5 Å². The summed E-state index contributed by atoms with van der Waals surface area (Å²) in [6.07, 6.45) is 0.541. The van der Waals surface area contributed by atoms with Gasteiger partial charge in [-0.05, 0) is 80.4 Å². The number of fused-ring (bicyclic) bond motifs is 1. The number of nitriles is 2. The molecule has 0 saturated carbocycles. The minimum absolute atomic E-state index is 0.0582. The van der Waals surface area contributed by atoms with E-state index in [0.717, 1.165) is 33.6 Å². The van der Waals surface area contributed by atoms with Crippen LogP contribution in [-0.4, -0.2) is 27.3 Å². The molecule has 1 aliphatic rings. The summed E-state index contributed by atoms with van der Waals surface area (Å²) in [7, 11) is 0. The highest BCUT2D eigenvalue weighted by atomic mass is 16.5. The SMILES string of the molecule is Cc1ccc(C(=O)N2CCc3nc(Nc4ccc(C#N)cc4)nc(Oc4c(C)cc(C#N)cc4C)c3C2)cc1. The Balaban J connectivity index is 1.52. The van der Waals surface area contributed by atoms with Crippen molar-refractivity contribution in [2.24, 2.45) is 0 Å². The lowest BCUT2D eigenvalue weighted by Gasteiger charge is -2.29. The maximum absolute atomic E-state index is 13.3. The molecule has 0 radical (unpaired) electrons. The summed E-state index contributed by atoms with van der Waals surface area (Å²) in [5, 5.41) is 21.7. The van der Waals surface area contributed by atoms with Gasteiger partial charge in [-0.2, -0.15) is 15.5 Å². The normalized spacial score (nSPS) is 12.2. The van der Waals surface area contributed by atoms with E-state index in [-0.39, 0.29) is 5.91 Å². The number of hydrogen-bond donors (Lipinski definition) is 1. The lowest BCUT2D eigenvalue weighted by molar-refractivity contribution is 0.0732. The first-order valence-corrected chi connectivity index (χ1v) is 12.6. The van der Waals surface area contributed by atoms with Crippen LogP contribution in [0.3, 0.4) is 0 Å². The molecule has 1 aromatic heterocycles. The number of anilines is 2. The summed E-state index contributed by atoms with van der Waals surface area (Å²) in [6.45, 7) is 6.59. The summed E-state index contributed by atoms with van der Waals surface area (Å²) in [5.74, 6) is 1.27. The number of amides is 1. The molecule has 5 rings (SSSR count). The van der Waals surface area contributed by atoms with E-state index in [4.69, 9.17) is 20.0 Å². The Hall–Kier alpha value is -5.21. The van der Waals surface area contributed by atoms with Gasteiger partial charge in [-0.25, -0.2) is 4.98 Å². The molecule has 192 valence electrons. The lowest BCUT2D eigenvalue weighted by Crippen LogP contribution is -2.36. The maximum atomic E-state index is 13.3. The van der Waals surface area contributed by atoms with E-state index in [1.807, 2.05) is 45.0 Å². The van der Waals surface area contributed by atoms with Crippen molar-refractivity contribution in [1.82, 2.24) is 14.9 Å². The van der Waals surface area contributed by atoms with Crippen LogP contribution < -0.4 is 10.1 Å². The highest BCUT2D eigenvalue weighted by molar-refractivity contribution is 5.94. The van der Waals surface area contributed by atoms with Gasteiger partial charge in [0.15, 0.2) is 0 Å². The molecule has 0 saturated heterocycles. The third-order valence-electron chi connectivity index (χ3n) is 6.67. The van der Waals surface area contributed by atoms with E-state index in [9.17, 15) is 10.1 Å². The second kappa shape index (κ2) is 10.6. The van der Waals surface area contributed by atoms with Crippen molar-refractivity contribution in [2.45, 2.75) is 33.7 Å². The highest BCUT2D eigenvalue weighted by Crippen LogP contribution is 2.35. The molecule has 0 aliphatic carbocycles. The highest BCUT2D eigenvalue weighted by Gasteiger charge is 2.28. The minimum Gasteiger partial charge on any atom is -0.438 e. The van der Waals surface area contributed by atoms with Crippen LogP contribution >= 0.6 is 0 Å². The molecular weight excluding hydrogens is 488 g/mol. The van der Waals surface area contributed by atoms with Gasteiger partial charge >= 0.3 is 0 Å². The number of aromatic nitrogens is 2. The number of nitrogens with zero attached hydrogens (tertiary/aromatic N) is 5. The number of aryl methyl sites for hydroxylation is 3. The predicted octanol–water partition coefficient (Wildman–Crippen LogP) is 5.88. The predicted molar refractivity (Wildman–Crippen MR) is 147 cm³/mol. The van der Waals surface area contributed by atoms with E-state index in [1.54, 1.807) is 41.3 Å². The molecule has 0 atom stereocenters. The average Bonchev–Trinajstić information content (AvgIpc) is 2.95. The number of nitrogens with one attached hydrogen (secondary N) is 1. The summed E-state index contributed by atoms with van der Waals surface area (Å²) >= 11 is 0. The number of carbonyl (C=O) groups is 1. The van der Waals surface area contributed by atoms with Gasteiger partial charge in [0, 0.05) is 24.2 Å². The van der Waals surface area contributed by atoms with Gasteiger partial charge in [0.2, 0.25) is 11.8 Å². The first-order chi connectivity index (χ1) is 18.8. The Kier molecular flexibility index (Phi) is 6.94. The van der Waals surface area contributed by atoms with Crippen LogP contribution in [0.2, 0.25) is 0 Å². The quantitative estimate of drug-likeness (QED) is 0.354. The van der Waals surface area contributed by atoms with Gasteiger partial charge in [-0.1, -0.05) is 17.7 Å². The Bertz CT molecular complexity index is 1620. The van der Waals surface area contributed by atoms with Gasteiger partial charge in [0.05, 0.1) is 41.1 Å². The number of rotatable bonds is 5. The first kappa shape index (κ1) is 25.4.